The Labute approximate surface area is 79.5 Å². The zero-order valence-corrected chi connectivity index (χ0v) is 8.07. The summed E-state index contributed by atoms with van der Waals surface area (Å²) in [5.74, 6) is 2.34. The summed E-state index contributed by atoms with van der Waals surface area (Å²) in [6.07, 6.45) is 11.5. The predicted molar refractivity (Wildman–Crippen MR) is 53.3 cm³/mol. The molecule has 0 aliphatic heterocycles. The maximum Gasteiger partial charge on any atom is 0.155 e. The second kappa shape index (κ2) is 3.49. The Morgan fingerprint density at radius 3 is 2.46 bits per heavy atom. The summed E-state index contributed by atoms with van der Waals surface area (Å²) in [7, 11) is 0. The van der Waals surface area contributed by atoms with Gasteiger partial charge >= 0.3 is 0 Å². The standard InChI is InChI=1S/C12H16O/c1-2-3-11(13)8-12-9-4-5-10(12)7-6-9/h2-5,9-10,12H,6-8H2,1H3/b3-2+/t9-,10+,12?. The van der Waals surface area contributed by atoms with Crippen LogP contribution in [0.1, 0.15) is 26.2 Å². The van der Waals surface area contributed by atoms with Crippen LogP contribution in [0.2, 0.25) is 0 Å². The van der Waals surface area contributed by atoms with Crippen LogP contribution in [0.15, 0.2) is 24.3 Å². The van der Waals surface area contributed by atoms with E-state index in [1.54, 1.807) is 6.08 Å². The molecule has 0 saturated heterocycles. The second-order valence-electron chi connectivity index (χ2n) is 4.12. The van der Waals surface area contributed by atoms with Crippen molar-refractivity contribution in [3.8, 4) is 0 Å². The zero-order chi connectivity index (χ0) is 9.26. The summed E-state index contributed by atoms with van der Waals surface area (Å²) in [5.41, 5.74) is 0. The minimum absolute atomic E-state index is 0.299. The first-order chi connectivity index (χ1) is 6.31. The van der Waals surface area contributed by atoms with Crippen molar-refractivity contribution in [2.75, 3.05) is 0 Å². The van der Waals surface area contributed by atoms with E-state index in [9.17, 15) is 4.79 Å². The molecule has 0 heterocycles. The number of fused-ring (bicyclic) bond motifs is 2. The summed E-state index contributed by atoms with van der Waals surface area (Å²) in [6, 6.07) is 0. The first-order valence-electron chi connectivity index (χ1n) is 5.15. The third-order valence-electron chi connectivity index (χ3n) is 3.33. The molecule has 2 bridgehead atoms. The van der Waals surface area contributed by atoms with E-state index in [1.807, 2.05) is 13.0 Å². The van der Waals surface area contributed by atoms with Crippen LogP contribution in [-0.2, 0) is 4.79 Å². The molecule has 0 amide bonds. The average Bonchev–Trinajstić information content (AvgIpc) is 2.65. The summed E-state index contributed by atoms with van der Waals surface area (Å²) < 4.78 is 0. The molecule has 0 N–H and O–H groups in total. The van der Waals surface area contributed by atoms with Crippen molar-refractivity contribution in [1.82, 2.24) is 0 Å². The number of ketones is 1. The molecule has 1 unspecified atom stereocenters. The number of rotatable bonds is 3. The molecule has 0 aromatic rings. The van der Waals surface area contributed by atoms with Crippen molar-refractivity contribution < 1.29 is 4.79 Å². The molecule has 1 fully saturated rings. The van der Waals surface area contributed by atoms with Gasteiger partial charge in [0.1, 0.15) is 0 Å². The van der Waals surface area contributed by atoms with Crippen molar-refractivity contribution in [2.24, 2.45) is 17.8 Å². The van der Waals surface area contributed by atoms with E-state index >= 15 is 0 Å². The van der Waals surface area contributed by atoms with Gasteiger partial charge < -0.3 is 0 Å². The summed E-state index contributed by atoms with van der Waals surface area (Å²) in [4.78, 5) is 11.4. The van der Waals surface area contributed by atoms with Gasteiger partial charge in [0.2, 0.25) is 0 Å². The fourth-order valence-corrected chi connectivity index (χ4v) is 2.68. The Kier molecular flexibility index (Phi) is 2.34. The smallest absolute Gasteiger partial charge is 0.155 e. The van der Waals surface area contributed by atoms with Crippen molar-refractivity contribution in [1.29, 1.82) is 0 Å². The maximum absolute atomic E-state index is 11.4. The molecule has 3 atom stereocenters. The van der Waals surface area contributed by atoms with Gasteiger partial charge in [-0.05, 0) is 43.6 Å². The normalized spacial score (nSPS) is 36.2. The van der Waals surface area contributed by atoms with Crippen LogP contribution >= 0.6 is 0 Å². The van der Waals surface area contributed by atoms with E-state index in [0.717, 1.165) is 6.42 Å². The lowest BCUT2D eigenvalue weighted by molar-refractivity contribution is -0.115. The van der Waals surface area contributed by atoms with Gasteiger partial charge in [-0.3, -0.25) is 4.79 Å². The van der Waals surface area contributed by atoms with Crippen molar-refractivity contribution in [3.63, 3.8) is 0 Å². The number of hydrogen-bond donors (Lipinski definition) is 0. The van der Waals surface area contributed by atoms with Crippen LogP contribution in [0.25, 0.3) is 0 Å². The Balaban J connectivity index is 1.94. The lowest BCUT2D eigenvalue weighted by atomic mass is 9.91. The van der Waals surface area contributed by atoms with Crippen LogP contribution in [-0.4, -0.2) is 5.78 Å². The third kappa shape index (κ3) is 1.60. The van der Waals surface area contributed by atoms with Crippen LogP contribution in [0.4, 0.5) is 0 Å². The van der Waals surface area contributed by atoms with Crippen molar-refractivity contribution >= 4 is 5.78 Å². The molecule has 13 heavy (non-hydrogen) atoms. The van der Waals surface area contributed by atoms with Crippen molar-refractivity contribution in [2.45, 2.75) is 26.2 Å². The molecule has 1 heteroatoms. The highest BCUT2D eigenvalue weighted by molar-refractivity contribution is 5.89. The van der Waals surface area contributed by atoms with Crippen LogP contribution in [0.3, 0.4) is 0 Å². The molecule has 0 spiro atoms. The fourth-order valence-electron chi connectivity index (χ4n) is 2.68. The SMILES string of the molecule is C/C=C/C(=O)CC1[C@@H]2C=C[C@H]1CC2. The molecule has 2 rings (SSSR count). The van der Waals surface area contributed by atoms with E-state index in [0.29, 0.717) is 23.5 Å². The summed E-state index contributed by atoms with van der Waals surface area (Å²) >= 11 is 0. The van der Waals surface area contributed by atoms with Crippen LogP contribution in [0.5, 0.6) is 0 Å². The molecule has 2 aliphatic rings. The topological polar surface area (TPSA) is 17.1 Å². The minimum Gasteiger partial charge on any atom is -0.295 e. The van der Waals surface area contributed by atoms with Crippen LogP contribution in [0, 0.1) is 17.8 Å². The molecule has 0 aromatic carbocycles. The first kappa shape index (κ1) is 8.74. The van der Waals surface area contributed by atoms with E-state index < -0.39 is 0 Å². The number of carbonyl (C=O) groups excluding carboxylic acids is 1. The van der Waals surface area contributed by atoms with Gasteiger partial charge in [0, 0.05) is 6.42 Å². The molecule has 0 radical (unpaired) electrons. The van der Waals surface area contributed by atoms with Gasteiger partial charge in [0.15, 0.2) is 5.78 Å². The number of carbonyl (C=O) groups is 1. The fraction of sp³-hybridized carbons (Fsp3) is 0.583. The van der Waals surface area contributed by atoms with Gasteiger partial charge in [0.05, 0.1) is 0 Å². The molecule has 1 nitrogen and oxygen atoms in total. The van der Waals surface area contributed by atoms with Crippen molar-refractivity contribution in [3.05, 3.63) is 24.3 Å². The lowest BCUT2D eigenvalue weighted by Gasteiger charge is -2.12. The highest BCUT2D eigenvalue weighted by Crippen LogP contribution is 2.45. The Morgan fingerprint density at radius 2 is 2.00 bits per heavy atom. The number of hydrogen-bond acceptors (Lipinski definition) is 1. The minimum atomic E-state index is 0.299. The molecule has 70 valence electrons. The molecular weight excluding hydrogens is 160 g/mol. The quantitative estimate of drug-likeness (QED) is 0.477. The zero-order valence-electron chi connectivity index (χ0n) is 8.07. The summed E-state index contributed by atoms with van der Waals surface area (Å²) in [5, 5.41) is 0. The van der Waals surface area contributed by atoms with Crippen LogP contribution < -0.4 is 0 Å². The highest BCUT2D eigenvalue weighted by Gasteiger charge is 2.37. The first-order valence-corrected chi connectivity index (χ1v) is 5.15. The Morgan fingerprint density at radius 1 is 1.38 bits per heavy atom. The summed E-state index contributed by atoms with van der Waals surface area (Å²) in [6.45, 7) is 1.90. The predicted octanol–water partition coefficient (Wildman–Crippen LogP) is 2.73. The Hall–Kier alpha value is -0.850. The van der Waals surface area contributed by atoms with Gasteiger partial charge in [-0.1, -0.05) is 18.2 Å². The van der Waals surface area contributed by atoms with Gasteiger partial charge in [-0.15, -0.1) is 0 Å². The largest absolute Gasteiger partial charge is 0.295 e. The van der Waals surface area contributed by atoms with Gasteiger partial charge in [-0.25, -0.2) is 0 Å². The van der Waals surface area contributed by atoms with Gasteiger partial charge in [0.25, 0.3) is 0 Å². The van der Waals surface area contributed by atoms with E-state index in [-0.39, 0.29) is 0 Å². The third-order valence-corrected chi connectivity index (χ3v) is 3.33. The maximum atomic E-state index is 11.4. The monoisotopic (exact) mass is 176 g/mol. The average molecular weight is 176 g/mol. The van der Waals surface area contributed by atoms with E-state index in [4.69, 9.17) is 0 Å². The molecule has 1 saturated carbocycles. The second-order valence-corrected chi connectivity index (χ2v) is 4.12. The molecule has 0 aromatic heterocycles. The van der Waals surface area contributed by atoms with Gasteiger partial charge in [-0.2, -0.15) is 0 Å². The highest BCUT2D eigenvalue weighted by atomic mass is 16.1. The molecular formula is C12H16O. The Bertz CT molecular complexity index is 248. The van der Waals surface area contributed by atoms with E-state index in [2.05, 4.69) is 12.2 Å². The number of allylic oxidation sites excluding steroid dienone is 4. The van der Waals surface area contributed by atoms with E-state index in [1.165, 1.54) is 12.8 Å². The molecule has 2 aliphatic carbocycles. The lowest BCUT2D eigenvalue weighted by Crippen LogP contribution is -2.11.